The minimum atomic E-state index is -0.651. The highest BCUT2D eigenvalue weighted by atomic mass is 35.5. The third kappa shape index (κ3) is 5.17. The zero-order chi connectivity index (χ0) is 15.3. The van der Waals surface area contributed by atoms with E-state index in [0.717, 1.165) is 50.1 Å². The fraction of sp³-hybridized carbons (Fsp3) is 0.647. The minimum Gasteiger partial charge on any atom is -0.490 e. The molecule has 0 saturated heterocycles. The van der Waals surface area contributed by atoms with Crippen molar-refractivity contribution in [3.8, 4) is 5.75 Å². The third-order valence-electron chi connectivity index (χ3n) is 3.92. The molecule has 0 amide bonds. The van der Waals surface area contributed by atoms with Crippen LogP contribution in [0, 0.1) is 5.92 Å². The summed E-state index contributed by atoms with van der Waals surface area (Å²) < 4.78 is 5.89. The average Bonchev–Trinajstić information content (AvgIpc) is 2.85. The van der Waals surface area contributed by atoms with E-state index in [0.29, 0.717) is 17.5 Å². The lowest BCUT2D eigenvalue weighted by molar-refractivity contribution is 0.00111. The van der Waals surface area contributed by atoms with Crippen LogP contribution in [0.4, 0.5) is 0 Å². The van der Waals surface area contributed by atoms with Gasteiger partial charge in [-0.15, -0.1) is 0 Å². The van der Waals surface area contributed by atoms with Crippen LogP contribution >= 0.6 is 11.6 Å². The maximum absolute atomic E-state index is 10.4. The zero-order valence-corrected chi connectivity index (χ0v) is 13.7. The predicted molar refractivity (Wildman–Crippen MR) is 86.9 cm³/mol. The summed E-state index contributed by atoms with van der Waals surface area (Å²) in [5.41, 5.74) is 0.396. The second-order valence-electron chi connectivity index (χ2n) is 6.50. The second-order valence-corrected chi connectivity index (χ2v) is 6.93. The third-order valence-corrected chi connectivity index (χ3v) is 4.16. The van der Waals surface area contributed by atoms with Crippen LogP contribution in [-0.2, 0) is 6.54 Å². The smallest absolute Gasteiger partial charge is 0.124 e. The Labute approximate surface area is 132 Å². The Kier molecular flexibility index (Phi) is 5.91. The van der Waals surface area contributed by atoms with Gasteiger partial charge in [-0.1, -0.05) is 38.3 Å². The summed E-state index contributed by atoms with van der Waals surface area (Å²) >= 11 is 6.08. The Morgan fingerprint density at radius 2 is 2.05 bits per heavy atom. The fourth-order valence-corrected chi connectivity index (χ4v) is 2.91. The van der Waals surface area contributed by atoms with E-state index in [1.54, 1.807) is 0 Å². The molecule has 0 spiro atoms. The van der Waals surface area contributed by atoms with Crippen molar-refractivity contribution in [2.75, 3.05) is 13.2 Å². The molecule has 1 saturated carbocycles. The molecule has 1 aliphatic carbocycles. The van der Waals surface area contributed by atoms with Gasteiger partial charge in [-0.2, -0.15) is 0 Å². The molecule has 0 atom stereocenters. The van der Waals surface area contributed by atoms with E-state index in [1.165, 1.54) is 0 Å². The molecule has 0 bridgehead atoms. The number of ether oxygens (including phenoxy) is 1. The molecule has 2 N–H and O–H groups in total. The number of halogens is 1. The molecule has 0 radical (unpaired) electrons. The van der Waals surface area contributed by atoms with Crippen LogP contribution in [-0.4, -0.2) is 23.9 Å². The van der Waals surface area contributed by atoms with E-state index in [-0.39, 0.29) is 0 Å². The van der Waals surface area contributed by atoms with E-state index in [1.807, 2.05) is 18.2 Å². The predicted octanol–water partition coefficient (Wildman–Crippen LogP) is 3.77. The van der Waals surface area contributed by atoms with Crippen LogP contribution in [0.1, 0.15) is 45.1 Å². The molecule has 118 valence electrons. The maximum Gasteiger partial charge on any atom is 0.124 e. The lowest BCUT2D eigenvalue weighted by Gasteiger charge is -2.23. The normalized spacial score (nSPS) is 17.4. The van der Waals surface area contributed by atoms with Gasteiger partial charge in [0.05, 0.1) is 5.60 Å². The van der Waals surface area contributed by atoms with Gasteiger partial charge in [0.2, 0.25) is 0 Å². The highest BCUT2D eigenvalue weighted by Gasteiger charge is 2.32. The number of hydrogen-bond donors (Lipinski definition) is 2. The van der Waals surface area contributed by atoms with Crippen molar-refractivity contribution in [1.29, 1.82) is 0 Å². The fourth-order valence-electron chi connectivity index (χ4n) is 2.71. The van der Waals surface area contributed by atoms with E-state index >= 15 is 0 Å². The van der Waals surface area contributed by atoms with Gasteiger partial charge in [0.1, 0.15) is 12.4 Å². The van der Waals surface area contributed by atoms with Crippen molar-refractivity contribution >= 4 is 11.6 Å². The first-order valence-electron chi connectivity index (χ1n) is 7.83. The summed E-state index contributed by atoms with van der Waals surface area (Å²) in [6, 6.07) is 5.66. The van der Waals surface area contributed by atoms with Gasteiger partial charge >= 0.3 is 0 Å². The Hall–Kier alpha value is -0.770. The van der Waals surface area contributed by atoms with Gasteiger partial charge in [0.25, 0.3) is 0 Å². The Morgan fingerprint density at radius 1 is 1.33 bits per heavy atom. The first kappa shape index (κ1) is 16.6. The van der Waals surface area contributed by atoms with Gasteiger partial charge in [-0.05, 0) is 43.5 Å². The first-order valence-corrected chi connectivity index (χ1v) is 8.21. The van der Waals surface area contributed by atoms with Gasteiger partial charge in [0.15, 0.2) is 0 Å². The molecule has 1 aromatic carbocycles. The minimum absolute atomic E-state index is 0.367. The molecule has 4 heteroatoms. The molecule has 2 rings (SSSR count). The SMILES string of the molecule is CC(C)CNCc1cc(Cl)ccc1OCC1(O)CCCC1. The monoisotopic (exact) mass is 311 g/mol. The molecular formula is C17H26ClNO2. The van der Waals surface area contributed by atoms with Crippen molar-refractivity contribution in [3.63, 3.8) is 0 Å². The van der Waals surface area contributed by atoms with Crippen LogP contribution in [0.3, 0.4) is 0 Å². The molecule has 0 unspecified atom stereocenters. The molecule has 0 aromatic heterocycles. The Bertz CT molecular complexity index is 456. The summed E-state index contributed by atoms with van der Waals surface area (Å²) in [5.74, 6) is 1.42. The molecule has 0 heterocycles. The number of benzene rings is 1. The van der Waals surface area contributed by atoms with Gasteiger partial charge in [0, 0.05) is 17.1 Å². The topological polar surface area (TPSA) is 41.5 Å². The first-order chi connectivity index (χ1) is 9.98. The lowest BCUT2D eigenvalue weighted by atomic mass is 10.0. The summed E-state index contributed by atoms with van der Waals surface area (Å²) in [5, 5.41) is 14.5. The van der Waals surface area contributed by atoms with Gasteiger partial charge in [-0.3, -0.25) is 0 Å². The van der Waals surface area contributed by atoms with Crippen LogP contribution in [0.2, 0.25) is 5.02 Å². The van der Waals surface area contributed by atoms with E-state index < -0.39 is 5.60 Å². The van der Waals surface area contributed by atoms with Gasteiger partial charge in [-0.25, -0.2) is 0 Å². The highest BCUT2D eigenvalue weighted by molar-refractivity contribution is 6.30. The maximum atomic E-state index is 10.4. The van der Waals surface area contributed by atoms with Crippen molar-refractivity contribution in [1.82, 2.24) is 5.32 Å². The molecule has 1 aromatic rings. The van der Waals surface area contributed by atoms with Crippen LogP contribution in [0.15, 0.2) is 18.2 Å². The Morgan fingerprint density at radius 3 is 2.71 bits per heavy atom. The lowest BCUT2D eigenvalue weighted by Crippen LogP contribution is -2.32. The standard InChI is InChI=1S/C17H26ClNO2/c1-13(2)10-19-11-14-9-15(18)5-6-16(14)21-12-17(20)7-3-4-8-17/h5-6,9,13,19-20H,3-4,7-8,10-12H2,1-2H3. The van der Waals surface area contributed by atoms with Crippen molar-refractivity contribution < 1.29 is 9.84 Å². The average molecular weight is 312 g/mol. The number of aliphatic hydroxyl groups is 1. The van der Waals surface area contributed by atoms with Crippen LogP contribution in [0.5, 0.6) is 5.75 Å². The highest BCUT2D eigenvalue weighted by Crippen LogP contribution is 2.31. The quantitative estimate of drug-likeness (QED) is 0.805. The van der Waals surface area contributed by atoms with E-state index in [2.05, 4.69) is 19.2 Å². The van der Waals surface area contributed by atoms with Crippen molar-refractivity contribution in [2.45, 2.75) is 51.7 Å². The molecule has 1 aliphatic rings. The van der Waals surface area contributed by atoms with E-state index in [4.69, 9.17) is 16.3 Å². The summed E-state index contributed by atoms with van der Waals surface area (Å²) in [6.07, 6.45) is 3.84. The second kappa shape index (κ2) is 7.48. The van der Waals surface area contributed by atoms with Crippen molar-refractivity contribution in [3.05, 3.63) is 28.8 Å². The Balaban J connectivity index is 1.97. The molecule has 0 aliphatic heterocycles. The molecular weight excluding hydrogens is 286 g/mol. The largest absolute Gasteiger partial charge is 0.490 e. The molecule has 21 heavy (non-hydrogen) atoms. The molecule has 1 fully saturated rings. The van der Waals surface area contributed by atoms with Crippen LogP contribution in [0.25, 0.3) is 0 Å². The number of rotatable bonds is 7. The number of hydrogen-bond acceptors (Lipinski definition) is 3. The molecule has 3 nitrogen and oxygen atoms in total. The zero-order valence-electron chi connectivity index (χ0n) is 13.0. The summed E-state index contributed by atoms with van der Waals surface area (Å²) in [7, 11) is 0. The number of nitrogens with one attached hydrogen (secondary N) is 1. The summed E-state index contributed by atoms with van der Waals surface area (Å²) in [4.78, 5) is 0. The summed E-state index contributed by atoms with van der Waals surface area (Å²) in [6.45, 7) is 6.41. The van der Waals surface area contributed by atoms with Gasteiger partial charge < -0.3 is 15.2 Å². The van der Waals surface area contributed by atoms with Crippen LogP contribution < -0.4 is 10.1 Å². The van der Waals surface area contributed by atoms with Crippen molar-refractivity contribution in [2.24, 2.45) is 5.92 Å². The van der Waals surface area contributed by atoms with E-state index in [9.17, 15) is 5.11 Å².